The van der Waals surface area contributed by atoms with E-state index in [4.69, 9.17) is 4.74 Å². The first kappa shape index (κ1) is 14.9. The fourth-order valence-corrected chi connectivity index (χ4v) is 3.28. The van der Waals surface area contributed by atoms with Gasteiger partial charge in [-0.2, -0.15) is 13.2 Å². The Labute approximate surface area is 119 Å². The van der Waals surface area contributed by atoms with E-state index in [0.717, 1.165) is 18.9 Å². The minimum absolute atomic E-state index is 0.125. The van der Waals surface area contributed by atoms with Crippen molar-refractivity contribution in [3.8, 4) is 0 Å². The zero-order valence-electron chi connectivity index (χ0n) is 10.5. The van der Waals surface area contributed by atoms with Crippen molar-refractivity contribution < 1.29 is 17.9 Å². The van der Waals surface area contributed by atoms with Gasteiger partial charge in [0, 0.05) is 18.5 Å². The van der Waals surface area contributed by atoms with Crippen LogP contribution in [0.4, 0.5) is 13.2 Å². The summed E-state index contributed by atoms with van der Waals surface area (Å²) >= 11 is 3.46. The summed E-state index contributed by atoms with van der Waals surface area (Å²) in [5, 5.41) is 0.704. The maximum Gasteiger partial charge on any atom is 0.416 e. The topological polar surface area (TPSA) is 9.23 Å². The first-order valence-corrected chi connectivity index (χ1v) is 7.38. The van der Waals surface area contributed by atoms with Crippen molar-refractivity contribution in [2.75, 3.05) is 18.5 Å². The van der Waals surface area contributed by atoms with Gasteiger partial charge in [-0.05, 0) is 36.3 Å². The highest BCUT2D eigenvalue weighted by Crippen LogP contribution is 2.40. The molecule has 2 rings (SSSR count). The molecule has 5 heteroatoms. The molecule has 106 valence electrons. The maximum atomic E-state index is 13.0. The Hall–Kier alpha value is -0.550. The van der Waals surface area contributed by atoms with E-state index in [0.29, 0.717) is 30.5 Å². The van der Waals surface area contributed by atoms with Gasteiger partial charge in [-0.3, -0.25) is 0 Å². The lowest BCUT2D eigenvalue weighted by Crippen LogP contribution is -2.34. The van der Waals surface area contributed by atoms with Crippen LogP contribution in [0.3, 0.4) is 0 Å². The summed E-state index contributed by atoms with van der Waals surface area (Å²) in [6.45, 7) is 1.25. The van der Waals surface area contributed by atoms with Gasteiger partial charge in [0.2, 0.25) is 0 Å². The summed E-state index contributed by atoms with van der Waals surface area (Å²) in [5.41, 5.74) is -0.252. The number of benzene rings is 1. The van der Waals surface area contributed by atoms with E-state index >= 15 is 0 Å². The number of alkyl halides is 4. The molecular weight excluding hydrogens is 321 g/mol. The molecule has 19 heavy (non-hydrogen) atoms. The smallest absolute Gasteiger partial charge is 0.381 e. The van der Waals surface area contributed by atoms with Crippen LogP contribution in [0, 0.1) is 5.41 Å². The lowest BCUT2D eigenvalue weighted by Gasteiger charge is -2.36. The second-order valence-corrected chi connectivity index (χ2v) is 5.64. The normalized spacial score (nSPS) is 19.4. The van der Waals surface area contributed by atoms with Gasteiger partial charge in [-0.1, -0.05) is 34.1 Å². The number of hydrogen-bond donors (Lipinski definition) is 0. The van der Waals surface area contributed by atoms with Crippen LogP contribution < -0.4 is 0 Å². The van der Waals surface area contributed by atoms with Gasteiger partial charge in [0.1, 0.15) is 0 Å². The van der Waals surface area contributed by atoms with E-state index in [-0.39, 0.29) is 5.41 Å². The molecule has 1 nitrogen and oxygen atoms in total. The lowest BCUT2D eigenvalue weighted by molar-refractivity contribution is -0.138. The molecular formula is C14H16BrF3O. The summed E-state index contributed by atoms with van der Waals surface area (Å²) in [6.07, 6.45) is -2.25. The van der Waals surface area contributed by atoms with E-state index in [1.54, 1.807) is 12.1 Å². The van der Waals surface area contributed by atoms with E-state index < -0.39 is 11.7 Å². The predicted molar refractivity (Wildman–Crippen MR) is 71.4 cm³/mol. The minimum Gasteiger partial charge on any atom is -0.381 e. The van der Waals surface area contributed by atoms with Gasteiger partial charge in [0.15, 0.2) is 0 Å². The van der Waals surface area contributed by atoms with Crippen molar-refractivity contribution in [3.63, 3.8) is 0 Å². The van der Waals surface area contributed by atoms with Gasteiger partial charge in [-0.25, -0.2) is 0 Å². The Kier molecular flexibility index (Phi) is 4.56. The zero-order valence-corrected chi connectivity index (χ0v) is 12.1. The zero-order chi connectivity index (χ0) is 13.9. The van der Waals surface area contributed by atoms with Gasteiger partial charge in [-0.15, -0.1) is 0 Å². The van der Waals surface area contributed by atoms with Crippen molar-refractivity contribution in [1.29, 1.82) is 0 Å². The number of ether oxygens (including phenoxy) is 1. The Morgan fingerprint density at radius 1 is 1.16 bits per heavy atom. The van der Waals surface area contributed by atoms with Crippen LogP contribution >= 0.6 is 15.9 Å². The third-order valence-corrected chi connectivity index (χ3v) is 4.91. The highest BCUT2D eigenvalue weighted by atomic mass is 79.9. The molecule has 0 amide bonds. The molecule has 0 bridgehead atoms. The number of rotatable bonds is 3. The molecule has 0 unspecified atom stereocenters. The molecule has 1 aromatic carbocycles. The molecule has 1 aromatic rings. The first-order chi connectivity index (χ1) is 8.97. The van der Waals surface area contributed by atoms with Crippen LogP contribution in [0.5, 0.6) is 0 Å². The van der Waals surface area contributed by atoms with Crippen LogP contribution in [0.2, 0.25) is 0 Å². The third kappa shape index (κ3) is 3.51. The Morgan fingerprint density at radius 2 is 1.79 bits per heavy atom. The molecule has 1 aliphatic rings. The molecule has 1 heterocycles. The van der Waals surface area contributed by atoms with Gasteiger partial charge < -0.3 is 4.74 Å². The van der Waals surface area contributed by atoms with Crippen molar-refractivity contribution in [2.45, 2.75) is 25.4 Å². The van der Waals surface area contributed by atoms with Crippen LogP contribution in [-0.4, -0.2) is 18.5 Å². The van der Waals surface area contributed by atoms with Crippen LogP contribution in [0.15, 0.2) is 24.3 Å². The third-order valence-electron chi connectivity index (χ3n) is 3.73. The molecule has 0 atom stereocenters. The Balaban J connectivity index is 2.27. The van der Waals surface area contributed by atoms with Gasteiger partial charge >= 0.3 is 6.18 Å². The van der Waals surface area contributed by atoms with Crippen molar-refractivity contribution >= 4 is 15.9 Å². The molecule has 0 aromatic heterocycles. The number of hydrogen-bond acceptors (Lipinski definition) is 1. The maximum absolute atomic E-state index is 13.0. The molecule has 0 aliphatic carbocycles. The van der Waals surface area contributed by atoms with Crippen molar-refractivity contribution in [2.24, 2.45) is 5.41 Å². The van der Waals surface area contributed by atoms with Gasteiger partial charge in [0.25, 0.3) is 0 Å². The lowest BCUT2D eigenvalue weighted by atomic mass is 9.76. The van der Waals surface area contributed by atoms with E-state index in [9.17, 15) is 13.2 Å². The Bertz CT molecular complexity index is 425. The van der Waals surface area contributed by atoms with E-state index in [1.165, 1.54) is 6.07 Å². The highest BCUT2D eigenvalue weighted by Gasteiger charge is 2.37. The van der Waals surface area contributed by atoms with E-state index in [2.05, 4.69) is 15.9 Å². The summed E-state index contributed by atoms with van der Waals surface area (Å²) in [7, 11) is 0. The molecule has 0 radical (unpaired) electrons. The molecule has 1 saturated heterocycles. The van der Waals surface area contributed by atoms with Crippen LogP contribution in [0.25, 0.3) is 0 Å². The van der Waals surface area contributed by atoms with Crippen LogP contribution in [0.1, 0.15) is 24.0 Å². The summed E-state index contributed by atoms with van der Waals surface area (Å²) in [6, 6.07) is 5.86. The second kappa shape index (κ2) is 5.83. The molecule has 0 saturated carbocycles. The fraction of sp³-hybridized carbons (Fsp3) is 0.571. The molecule has 0 N–H and O–H groups in total. The molecule has 1 aliphatic heterocycles. The Morgan fingerprint density at radius 3 is 2.37 bits per heavy atom. The van der Waals surface area contributed by atoms with Crippen LogP contribution in [-0.2, 0) is 17.3 Å². The summed E-state index contributed by atoms with van der Waals surface area (Å²) in [5.74, 6) is 0. The minimum atomic E-state index is -4.28. The van der Waals surface area contributed by atoms with Crippen molar-refractivity contribution in [1.82, 2.24) is 0 Å². The predicted octanol–water partition coefficient (Wildman–Crippen LogP) is 4.44. The standard InChI is InChI=1S/C14H16BrF3O/c15-10-13(5-7-19-8-6-13)9-11-3-1-2-4-12(11)14(16,17)18/h1-4H,5-10H2. The molecule has 1 fully saturated rings. The molecule has 0 spiro atoms. The quantitative estimate of drug-likeness (QED) is 0.741. The average molecular weight is 337 g/mol. The van der Waals surface area contributed by atoms with Gasteiger partial charge in [0.05, 0.1) is 5.56 Å². The fourth-order valence-electron chi connectivity index (χ4n) is 2.52. The van der Waals surface area contributed by atoms with Crippen molar-refractivity contribution in [3.05, 3.63) is 35.4 Å². The average Bonchev–Trinajstić information content (AvgIpc) is 2.39. The first-order valence-electron chi connectivity index (χ1n) is 6.26. The number of halogens is 4. The van der Waals surface area contributed by atoms with E-state index in [1.807, 2.05) is 0 Å². The summed E-state index contributed by atoms with van der Waals surface area (Å²) in [4.78, 5) is 0. The SMILES string of the molecule is FC(F)(F)c1ccccc1CC1(CBr)CCOCC1. The second-order valence-electron chi connectivity index (χ2n) is 5.08. The largest absolute Gasteiger partial charge is 0.416 e. The summed E-state index contributed by atoms with van der Waals surface area (Å²) < 4.78 is 44.3. The highest BCUT2D eigenvalue weighted by molar-refractivity contribution is 9.09. The monoisotopic (exact) mass is 336 g/mol.